The van der Waals surface area contributed by atoms with Crippen LogP contribution in [0.4, 0.5) is 0 Å². The first kappa shape index (κ1) is 16.3. The molecule has 0 aliphatic heterocycles. The van der Waals surface area contributed by atoms with E-state index in [0.717, 1.165) is 10.6 Å². The number of rotatable bonds is 5. The maximum Gasteiger partial charge on any atom is 0.119 e. The van der Waals surface area contributed by atoms with E-state index in [1.54, 1.807) is 18.5 Å². The lowest BCUT2D eigenvalue weighted by atomic mass is 10.3. The summed E-state index contributed by atoms with van der Waals surface area (Å²) in [5.41, 5.74) is 0. The SMILES string of the molecule is COc1cccc(SP(=S)(c2ccccc2)c2ccccc2)c1. The molecule has 0 amide bonds. The van der Waals surface area contributed by atoms with Crippen LogP contribution in [0.1, 0.15) is 0 Å². The van der Waals surface area contributed by atoms with Crippen molar-refractivity contribution in [2.45, 2.75) is 4.90 Å². The van der Waals surface area contributed by atoms with Gasteiger partial charge in [-0.1, -0.05) is 89.9 Å². The van der Waals surface area contributed by atoms with E-state index in [-0.39, 0.29) is 0 Å². The highest BCUT2D eigenvalue weighted by Gasteiger charge is 2.23. The van der Waals surface area contributed by atoms with E-state index in [9.17, 15) is 0 Å². The fraction of sp³-hybridized carbons (Fsp3) is 0.0526. The van der Waals surface area contributed by atoms with Crippen LogP contribution in [0.25, 0.3) is 0 Å². The van der Waals surface area contributed by atoms with Gasteiger partial charge in [0.25, 0.3) is 0 Å². The van der Waals surface area contributed by atoms with Gasteiger partial charge in [0, 0.05) is 4.90 Å². The van der Waals surface area contributed by atoms with E-state index in [2.05, 4.69) is 60.7 Å². The predicted molar refractivity (Wildman–Crippen MR) is 105 cm³/mol. The number of hydrogen-bond acceptors (Lipinski definition) is 3. The molecule has 0 bridgehead atoms. The molecule has 0 aliphatic rings. The highest BCUT2D eigenvalue weighted by molar-refractivity contribution is 8.75. The van der Waals surface area contributed by atoms with Crippen LogP contribution in [-0.4, -0.2) is 7.11 Å². The number of methoxy groups -OCH3 is 1. The molecule has 23 heavy (non-hydrogen) atoms. The van der Waals surface area contributed by atoms with Gasteiger partial charge in [-0.3, -0.25) is 0 Å². The van der Waals surface area contributed by atoms with Crippen LogP contribution < -0.4 is 15.3 Å². The quantitative estimate of drug-likeness (QED) is 0.606. The average Bonchev–Trinajstić information content (AvgIpc) is 2.63. The van der Waals surface area contributed by atoms with Crippen molar-refractivity contribution in [1.29, 1.82) is 0 Å². The molecule has 0 aromatic heterocycles. The highest BCUT2D eigenvalue weighted by Crippen LogP contribution is 2.60. The summed E-state index contributed by atoms with van der Waals surface area (Å²) in [5, 5.41) is 0.452. The van der Waals surface area contributed by atoms with E-state index in [1.165, 1.54) is 10.6 Å². The smallest absolute Gasteiger partial charge is 0.119 e. The van der Waals surface area contributed by atoms with E-state index in [1.807, 2.05) is 24.3 Å². The van der Waals surface area contributed by atoms with E-state index >= 15 is 0 Å². The fourth-order valence-electron chi connectivity index (χ4n) is 2.31. The minimum absolute atomic E-state index is 0.859. The maximum atomic E-state index is 6.23. The molecule has 3 rings (SSSR count). The predicted octanol–water partition coefficient (Wildman–Crippen LogP) is 4.83. The lowest BCUT2D eigenvalue weighted by molar-refractivity contribution is 0.413. The third kappa shape index (κ3) is 3.69. The molecule has 0 unspecified atom stereocenters. The summed E-state index contributed by atoms with van der Waals surface area (Å²) < 4.78 is 5.35. The van der Waals surface area contributed by atoms with Crippen LogP contribution in [0.3, 0.4) is 0 Å². The molecular formula is C19H17OPS2. The van der Waals surface area contributed by atoms with Gasteiger partial charge in [-0.05, 0) is 28.8 Å². The Balaban J connectivity index is 2.08. The summed E-state index contributed by atoms with van der Waals surface area (Å²) >= 11 is 8.00. The topological polar surface area (TPSA) is 9.23 Å². The zero-order valence-electron chi connectivity index (χ0n) is 12.8. The van der Waals surface area contributed by atoms with Crippen LogP contribution in [0.15, 0.2) is 89.8 Å². The molecule has 1 nitrogen and oxygen atoms in total. The van der Waals surface area contributed by atoms with Gasteiger partial charge in [0.2, 0.25) is 0 Å². The standard InChI is InChI=1S/C19H17OPS2/c1-20-16-9-8-14-19(15-16)23-21(22,17-10-4-2-5-11-17)18-12-6-3-7-13-18/h2-15H,1H3. The molecular weight excluding hydrogens is 339 g/mol. The molecule has 0 aliphatic carbocycles. The zero-order chi connectivity index (χ0) is 16.1. The first-order valence-electron chi connectivity index (χ1n) is 7.27. The third-order valence-electron chi connectivity index (χ3n) is 3.47. The monoisotopic (exact) mass is 356 g/mol. The lowest BCUT2D eigenvalue weighted by Crippen LogP contribution is -2.12. The van der Waals surface area contributed by atoms with Gasteiger partial charge in [-0.2, -0.15) is 0 Å². The molecule has 0 radical (unpaired) electrons. The van der Waals surface area contributed by atoms with E-state index in [4.69, 9.17) is 16.5 Å². The zero-order valence-corrected chi connectivity index (χ0v) is 15.3. The van der Waals surface area contributed by atoms with Gasteiger partial charge in [0.15, 0.2) is 0 Å². The molecule has 3 aromatic carbocycles. The molecule has 0 fully saturated rings. The fourth-order valence-corrected chi connectivity index (χ4v) is 8.65. The third-order valence-corrected chi connectivity index (χ3v) is 10.7. The molecule has 0 heterocycles. The van der Waals surface area contributed by atoms with Crippen LogP contribution in [0.5, 0.6) is 5.75 Å². The number of benzene rings is 3. The average molecular weight is 356 g/mol. The Labute approximate surface area is 146 Å². The molecule has 3 aromatic rings. The molecule has 116 valence electrons. The van der Waals surface area contributed by atoms with Gasteiger partial charge >= 0.3 is 0 Å². The van der Waals surface area contributed by atoms with Crippen molar-refractivity contribution in [3.63, 3.8) is 0 Å². The van der Waals surface area contributed by atoms with Crippen LogP contribution >= 0.6 is 16.6 Å². The van der Waals surface area contributed by atoms with Crippen molar-refractivity contribution in [1.82, 2.24) is 0 Å². The summed E-state index contributed by atoms with van der Waals surface area (Å²) in [5.74, 6) is 0.859. The van der Waals surface area contributed by atoms with Crippen LogP contribution in [0, 0.1) is 0 Å². The first-order chi connectivity index (χ1) is 11.2. The molecule has 4 heteroatoms. The summed E-state index contributed by atoms with van der Waals surface area (Å²) in [6, 6.07) is 29.0. The van der Waals surface area contributed by atoms with Gasteiger partial charge in [-0.15, -0.1) is 0 Å². The Morgan fingerprint density at radius 3 is 1.87 bits per heavy atom. The maximum absolute atomic E-state index is 6.23. The summed E-state index contributed by atoms with van der Waals surface area (Å²) in [6.45, 7) is 0. The van der Waals surface area contributed by atoms with Gasteiger partial charge < -0.3 is 4.74 Å². The van der Waals surface area contributed by atoms with E-state index in [0.29, 0.717) is 0 Å². The second-order valence-electron chi connectivity index (χ2n) is 4.99. The van der Waals surface area contributed by atoms with Crippen molar-refractivity contribution < 1.29 is 4.74 Å². The van der Waals surface area contributed by atoms with Crippen molar-refractivity contribution in [2.75, 3.05) is 7.11 Å². The highest BCUT2D eigenvalue weighted by atomic mass is 32.9. The summed E-state index contributed by atoms with van der Waals surface area (Å²) in [7, 11) is 1.69. The summed E-state index contributed by atoms with van der Waals surface area (Å²) in [6.07, 6.45) is 0. The molecule has 0 saturated heterocycles. The Bertz CT molecular complexity index is 776. The van der Waals surface area contributed by atoms with Crippen LogP contribution in [0.2, 0.25) is 0 Å². The molecule has 0 saturated carbocycles. The van der Waals surface area contributed by atoms with Crippen LogP contribution in [-0.2, 0) is 11.8 Å². The second kappa shape index (κ2) is 7.35. The van der Waals surface area contributed by atoms with Gasteiger partial charge in [-0.25, -0.2) is 0 Å². The second-order valence-corrected chi connectivity index (χ2v) is 12.3. The lowest BCUT2D eigenvalue weighted by Gasteiger charge is -2.22. The van der Waals surface area contributed by atoms with E-state index < -0.39 is 5.24 Å². The number of ether oxygens (including phenoxy) is 1. The minimum Gasteiger partial charge on any atom is -0.497 e. The molecule has 0 spiro atoms. The normalized spacial score (nSPS) is 11.2. The Morgan fingerprint density at radius 2 is 1.35 bits per heavy atom. The number of hydrogen-bond donors (Lipinski definition) is 0. The van der Waals surface area contributed by atoms with Crippen molar-refractivity contribution in [2.24, 2.45) is 0 Å². The minimum atomic E-state index is -1.98. The van der Waals surface area contributed by atoms with Gasteiger partial charge in [0.1, 0.15) is 5.75 Å². The first-order valence-corrected chi connectivity index (χ1v) is 11.5. The largest absolute Gasteiger partial charge is 0.497 e. The molecule has 0 N–H and O–H groups in total. The molecule has 0 atom stereocenters. The van der Waals surface area contributed by atoms with Crippen molar-refractivity contribution in [3.05, 3.63) is 84.9 Å². The summed E-state index contributed by atoms with van der Waals surface area (Å²) in [4.78, 5) is 1.14. The Kier molecular flexibility index (Phi) is 5.22. The van der Waals surface area contributed by atoms with Crippen molar-refractivity contribution in [3.8, 4) is 5.75 Å². The van der Waals surface area contributed by atoms with Gasteiger partial charge in [0.05, 0.1) is 12.3 Å². The Hall–Kier alpha value is -1.54. The van der Waals surface area contributed by atoms with Crippen molar-refractivity contribution >= 4 is 39.0 Å². The Morgan fingerprint density at radius 1 is 0.783 bits per heavy atom.